The van der Waals surface area contributed by atoms with E-state index in [2.05, 4.69) is 5.32 Å². The van der Waals surface area contributed by atoms with E-state index < -0.39 is 28.1 Å². The number of nitrogens with zero attached hydrogens (tertiary/aromatic N) is 1. The number of Topliss-reactive ketones (excluding diaryl/α,β-unsaturated/α-hetero) is 1. The second kappa shape index (κ2) is 8.00. The third-order valence-electron chi connectivity index (χ3n) is 4.52. The van der Waals surface area contributed by atoms with E-state index >= 15 is 0 Å². The molecule has 2 aromatic rings. The SMILES string of the molecule is CC(=O)c1ccc(NC(=O)C2CC(O)CN2S(=O)(=O)c2ccc(Cl)cc2)cc1. The largest absolute Gasteiger partial charge is 0.392 e. The number of rotatable bonds is 5. The minimum atomic E-state index is -3.98. The van der Waals surface area contributed by atoms with Gasteiger partial charge in [0.05, 0.1) is 11.0 Å². The first kappa shape index (κ1) is 20.5. The number of hydrogen-bond acceptors (Lipinski definition) is 5. The molecule has 7 nitrogen and oxygen atoms in total. The number of β-amino-alcohol motifs (C(OH)–C–C–N with tert-alkyl or cyclic N) is 1. The van der Waals surface area contributed by atoms with Crippen molar-refractivity contribution in [3.63, 3.8) is 0 Å². The summed E-state index contributed by atoms with van der Waals surface area (Å²) in [4.78, 5) is 24.0. The summed E-state index contributed by atoms with van der Waals surface area (Å²) in [6.45, 7) is 1.26. The number of aliphatic hydroxyl groups excluding tert-OH is 1. The molecule has 0 radical (unpaired) electrons. The van der Waals surface area contributed by atoms with Crippen LogP contribution in [0.1, 0.15) is 23.7 Å². The zero-order chi connectivity index (χ0) is 20.5. The van der Waals surface area contributed by atoms with Gasteiger partial charge in [0.1, 0.15) is 6.04 Å². The second-order valence-electron chi connectivity index (χ2n) is 6.56. The van der Waals surface area contributed by atoms with Crippen LogP contribution in [0.5, 0.6) is 0 Å². The van der Waals surface area contributed by atoms with Crippen molar-refractivity contribution in [2.45, 2.75) is 30.4 Å². The Kier molecular flexibility index (Phi) is 5.85. The number of benzene rings is 2. The monoisotopic (exact) mass is 422 g/mol. The normalized spacial score (nSPS) is 20.1. The van der Waals surface area contributed by atoms with Crippen LogP contribution in [0.3, 0.4) is 0 Å². The van der Waals surface area contributed by atoms with Crippen molar-refractivity contribution in [1.29, 1.82) is 0 Å². The molecule has 0 bridgehead atoms. The standard InChI is InChI=1S/C19H19ClN2O5S/c1-12(23)13-2-6-15(7-3-13)21-19(25)18-10-16(24)11-22(18)28(26,27)17-8-4-14(20)5-9-17/h2-9,16,18,24H,10-11H2,1H3,(H,21,25). The van der Waals surface area contributed by atoms with Gasteiger partial charge >= 0.3 is 0 Å². The van der Waals surface area contributed by atoms with E-state index in [0.29, 0.717) is 16.3 Å². The highest BCUT2D eigenvalue weighted by atomic mass is 35.5. The predicted molar refractivity (Wildman–Crippen MR) is 105 cm³/mol. The Morgan fingerprint density at radius 1 is 1.11 bits per heavy atom. The highest BCUT2D eigenvalue weighted by Crippen LogP contribution is 2.28. The zero-order valence-electron chi connectivity index (χ0n) is 15.0. The molecule has 148 valence electrons. The van der Waals surface area contributed by atoms with Crippen LogP contribution in [0.15, 0.2) is 53.4 Å². The second-order valence-corrected chi connectivity index (χ2v) is 8.88. The van der Waals surface area contributed by atoms with Crippen molar-refractivity contribution in [3.05, 3.63) is 59.1 Å². The Hall–Kier alpha value is -2.26. The number of halogens is 1. The lowest BCUT2D eigenvalue weighted by Crippen LogP contribution is -2.43. The van der Waals surface area contributed by atoms with E-state index in [9.17, 15) is 23.1 Å². The van der Waals surface area contributed by atoms with Crippen LogP contribution in [0.25, 0.3) is 0 Å². The predicted octanol–water partition coefficient (Wildman–Crippen LogP) is 2.31. The van der Waals surface area contributed by atoms with E-state index in [1.807, 2.05) is 0 Å². The quantitative estimate of drug-likeness (QED) is 0.719. The number of nitrogens with one attached hydrogen (secondary N) is 1. The summed E-state index contributed by atoms with van der Waals surface area (Å²) in [5.74, 6) is -0.651. The van der Waals surface area contributed by atoms with Crippen LogP contribution >= 0.6 is 11.6 Å². The van der Waals surface area contributed by atoms with Gasteiger partial charge in [0.2, 0.25) is 15.9 Å². The summed E-state index contributed by atoms with van der Waals surface area (Å²) in [5.41, 5.74) is 0.932. The topological polar surface area (TPSA) is 104 Å². The minimum Gasteiger partial charge on any atom is -0.392 e. The number of carbonyl (C=O) groups is 2. The molecule has 1 saturated heterocycles. The maximum absolute atomic E-state index is 12.9. The van der Waals surface area contributed by atoms with Crippen LogP contribution in [-0.2, 0) is 14.8 Å². The van der Waals surface area contributed by atoms with Crippen molar-refractivity contribution in [3.8, 4) is 0 Å². The third kappa shape index (κ3) is 4.25. The van der Waals surface area contributed by atoms with Gasteiger partial charge in [-0.2, -0.15) is 4.31 Å². The number of amides is 1. The Labute approximate surface area is 168 Å². The number of hydrogen-bond donors (Lipinski definition) is 2. The van der Waals surface area contributed by atoms with Crippen molar-refractivity contribution < 1.29 is 23.1 Å². The van der Waals surface area contributed by atoms with E-state index in [1.54, 1.807) is 24.3 Å². The molecule has 0 spiro atoms. The first-order chi connectivity index (χ1) is 13.2. The molecule has 1 fully saturated rings. The lowest BCUT2D eigenvalue weighted by Gasteiger charge is -2.23. The van der Waals surface area contributed by atoms with Gasteiger partial charge in [0.25, 0.3) is 0 Å². The van der Waals surface area contributed by atoms with Gasteiger partial charge in [0.15, 0.2) is 5.78 Å². The minimum absolute atomic E-state index is 0.00499. The highest BCUT2D eigenvalue weighted by Gasteiger charge is 2.43. The molecule has 1 heterocycles. The van der Waals surface area contributed by atoms with Crippen LogP contribution in [0, 0.1) is 0 Å². The Bertz CT molecular complexity index is 990. The van der Waals surface area contributed by atoms with Gasteiger partial charge in [-0.05, 0) is 55.5 Å². The summed E-state index contributed by atoms with van der Waals surface area (Å²) in [5, 5.41) is 13.0. The molecule has 0 saturated carbocycles. The molecule has 2 unspecified atom stereocenters. The molecule has 1 amide bonds. The zero-order valence-corrected chi connectivity index (χ0v) is 16.6. The molecular weight excluding hydrogens is 404 g/mol. The maximum Gasteiger partial charge on any atom is 0.243 e. The summed E-state index contributed by atoms with van der Waals surface area (Å²) < 4.78 is 26.9. The molecule has 9 heteroatoms. The third-order valence-corrected chi connectivity index (χ3v) is 6.66. The molecule has 2 aromatic carbocycles. The lowest BCUT2D eigenvalue weighted by molar-refractivity contribution is -0.119. The molecule has 1 aliphatic heterocycles. The van der Waals surface area contributed by atoms with Gasteiger partial charge in [0, 0.05) is 29.2 Å². The average Bonchev–Trinajstić information content (AvgIpc) is 3.05. The lowest BCUT2D eigenvalue weighted by atomic mass is 10.1. The maximum atomic E-state index is 12.9. The number of carbonyl (C=O) groups excluding carboxylic acids is 2. The van der Waals surface area contributed by atoms with E-state index in [0.717, 1.165) is 4.31 Å². The first-order valence-electron chi connectivity index (χ1n) is 8.56. The number of sulfonamides is 1. The fraction of sp³-hybridized carbons (Fsp3) is 0.263. The Balaban J connectivity index is 1.82. The summed E-state index contributed by atoms with van der Waals surface area (Å²) in [6.07, 6.45) is -0.956. The van der Waals surface area contributed by atoms with Crippen LogP contribution in [0.4, 0.5) is 5.69 Å². The average molecular weight is 423 g/mol. The van der Waals surface area contributed by atoms with E-state index in [4.69, 9.17) is 11.6 Å². The van der Waals surface area contributed by atoms with Crippen LogP contribution in [0.2, 0.25) is 5.02 Å². The van der Waals surface area contributed by atoms with Gasteiger partial charge in [-0.3, -0.25) is 9.59 Å². The van der Waals surface area contributed by atoms with Crippen molar-refractivity contribution in [2.24, 2.45) is 0 Å². The summed E-state index contributed by atoms with van der Waals surface area (Å²) >= 11 is 5.81. The van der Waals surface area contributed by atoms with Crippen molar-refractivity contribution in [2.75, 3.05) is 11.9 Å². The fourth-order valence-corrected chi connectivity index (χ4v) is 4.81. The molecular formula is C19H19ClN2O5S. The van der Waals surface area contributed by atoms with Crippen LogP contribution in [-0.4, -0.2) is 48.2 Å². The number of aliphatic hydroxyl groups is 1. The molecule has 0 aliphatic carbocycles. The number of anilines is 1. The molecule has 2 atom stereocenters. The summed E-state index contributed by atoms with van der Waals surface area (Å²) in [6, 6.07) is 10.8. The van der Waals surface area contributed by atoms with E-state index in [-0.39, 0.29) is 23.6 Å². The van der Waals surface area contributed by atoms with Gasteiger partial charge in [-0.15, -0.1) is 0 Å². The van der Waals surface area contributed by atoms with Crippen molar-refractivity contribution >= 4 is 39.0 Å². The summed E-state index contributed by atoms with van der Waals surface area (Å²) in [7, 11) is -3.98. The van der Waals surface area contributed by atoms with Crippen molar-refractivity contribution in [1.82, 2.24) is 4.31 Å². The van der Waals surface area contributed by atoms with E-state index in [1.165, 1.54) is 31.2 Å². The molecule has 2 N–H and O–H groups in total. The Morgan fingerprint density at radius 2 is 1.71 bits per heavy atom. The van der Waals surface area contributed by atoms with Crippen LogP contribution < -0.4 is 5.32 Å². The molecule has 3 rings (SSSR count). The fourth-order valence-electron chi connectivity index (χ4n) is 3.04. The molecule has 1 aliphatic rings. The van der Waals surface area contributed by atoms with Gasteiger partial charge < -0.3 is 10.4 Å². The first-order valence-corrected chi connectivity index (χ1v) is 10.4. The highest BCUT2D eigenvalue weighted by molar-refractivity contribution is 7.89. The Morgan fingerprint density at radius 3 is 2.29 bits per heavy atom. The van der Waals surface area contributed by atoms with Gasteiger partial charge in [-0.25, -0.2) is 8.42 Å². The van der Waals surface area contributed by atoms with Gasteiger partial charge in [-0.1, -0.05) is 11.6 Å². The molecule has 28 heavy (non-hydrogen) atoms. The molecule has 0 aromatic heterocycles. The smallest absolute Gasteiger partial charge is 0.243 e. The number of ketones is 1.